The minimum atomic E-state index is 0.0867. The van der Waals surface area contributed by atoms with Gasteiger partial charge in [0, 0.05) is 0 Å². The van der Waals surface area contributed by atoms with Crippen LogP contribution in [0.15, 0.2) is 0 Å². The lowest BCUT2D eigenvalue weighted by molar-refractivity contribution is -0.382. The summed E-state index contributed by atoms with van der Waals surface area (Å²) in [4.78, 5) is 0. The maximum absolute atomic E-state index is 11.1. The van der Waals surface area contributed by atoms with Crippen molar-refractivity contribution in [2.45, 2.75) is 52.1 Å². The van der Waals surface area contributed by atoms with Gasteiger partial charge in [0.05, 0.1) is 12.7 Å². The van der Waals surface area contributed by atoms with Crippen LogP contribution in [0.1, 0.15) is 46.0 Å². The van der Waals surface area contributed by atoms with Crippen molar-refractivity contribution in [3.63, 3.8) is 0 Å². The number of hydrogen-bond donors (Lipinski definition) is 0. The molecule has 0 aromatic heterocycles. The lowest BCUT2D eigenvalue weighted by Crippen LogP contribution is -2.37. The molecule has 0 amide bonds. The van der Waals surface area contributed by atoms with Crippen molar-refractivity contribution in [1.29, 1.82) is 0 Å². The largest absolute Gasteiger partial charge is 0.854 e. The van der Waals surface area contributed by atoms with Crippen molar-refractivity contribution < 1.29 is 9.84 Å². The Kier molecular flexibility index (Phi) is 4.26. The second-order valence-electron chi connectivity index (χ2n) is 5.88. The molecule has 2 heteroatoms. The summed E-state index contributed by atoms with van der Waals surface area (Å²) in [6, 6.07) is 0. The molecule has 0 radical (unpaired) electrons. The first-order chi connectivity index (χ1) is 7.72. The molecule has 0 spiro atoms. The van der Waals surface area contributed by atoms with E-state index >= 15 is 0 Å². The fraction of sp³-hybridized carbons (Fsp3) is 1.00. The van der Waals surface area contributed by atoms with Gasteiger partial charge in [-0.2, -0.15) is 0 Å². The summed E-state index contributed by atoms with van der Waals surface area (Å²) in [5.41, 5.74) is 0. The predicted octanol–water partition coefficient (Wildman–Crippen LogP) is 2.21. The third kappa shape index (κ3) is 2.60. The standard InChI is InChI=1S/C14H25O2/c1-10(8-15)13-5-3-4-12-7-6-11(2)16-9-14(12)13/h10-14H,3-9H2,1-2H3/q-1/t10-,11-,12?,13?,14?/m0/s1. The van der Waals surface area contributed by atoms with Crippen LogP contribution in [0.2, 0.25) is 0 Å². The molecule has 2 aliphatic rings. The van der Waals surface area contributed by atoms with Gasteiger partial charge in [-0.25, -0.2) is 0 Å². The molecule has 2 rings (SSSR count). The number of hydrogen-bond acceptors (Lipinski definition) is 2. The summed E-state index contributed by atoms with van der Waals surface area (Å²) in [6.07, 6.45) is 6.89. The molecule has 1 saturated carbocycles. The summed E-state index contributed by atoms with van der Waals surface area (Å²) < 4.78 is 5.90. The van der Waals surface area contributed by atoms with E-state index < -0.39 is 0 Å². The van der Waals surface area contributed by atoms with E-state index in [4.69, 9.17) is 4.74 Å². The maximum Gasteiger partial charge on any atom is 0.0547 e. The zero-order valence-corrected chi connectivity index (χ0v) is 10.7. The Labute approximate surface area is 99.4 Å². The molecule has 0 bridgehead atoms. The fourth-order valence-corrected chi connectivity index (χ4v) is 3.65. The summed E-state index contributed by atoms with van der Waals surface area (Å²) in [5, 5.41) is 11.1. The average molecular weight is 225 g/mol. The van der Waals surface area contributed by atoms with Crippen molar-refractivity contribution in [2.75, 3.05) is 13.2 Å². The van der Waals surface area contributed by atoms with Crippen molar-refractivity contribution in [2.24, 2.45) is 23.7 Å². The topological polar surface area (TPSA) is 32.3 Å². The van der Waals surface area contributed by atoms with Crippen LogP contribution in [-0.4, -0.2) is 19.3 Å². The van der Waals surface area contributed by atoms with Crippen molar-refractivity contribution in [3.05, 3.63) is 0 Å². The smallest absolute Gasteiger partial charge is 0.0547 e. The van der Waals surface area contributed by atoms with Gasteiger partial charge < -0.3 is 9.84 Å². The number of fused-ring (bicyclic) bond motifs is 1. The Morgan fingerprint density at radius 1 is 1.25 bits per heavy atom. The van der Waals surface area contributed by atoms with E-state index in [0.717, 1.165) is 12.5 Å². The SMILES string of the molecule is C[C@H]1CCC2CCCC([C@@H](C)C[O-])C2CO1. The first kappa shape index (κ1) is 12.4. The van der Waals surface area contributed by atoms with Crippen molar-refractivity contribution >= 4 is 0 Å². The molecule has 3 unspecified atom stereocenters. The van der Waals surface area contributed by atoms with Gasteiger partial charge >= 0.3 is 0 Å². The third-order valence-electron chi connectivity index (χ3n) is 4.78. The van der Waals surface area contributed by atoms with Crippen LogP contribution in [0.5, 0.6) is 0 Å². The van der Waals surface area contributed by atoms with Gasteiger partial charge in [0.15, 0.2) is 0 Å². The van der Waals surface area contributed by atoms with Gasteiger partial charge in [0.1, 0.15) is 0 Å². The number of ether oxygens (including phenoxy) is 1. The number of rotatable bonds is 2. The molecule has 1 aliphatic heterocycles. The van der Waals surface area contributed by atoms with E-state index in [-0.39, 0.29) is 6.61 Å². The third-order valence-corrected chi connectivity index (χ3v) is 4.78. The van der Waals surface area contributed by atoms with Gasteiger partial charge in [-0.05, 0) is 43.9 Å². The molecule has 0 aromatic rings. The highest BCUT2D eigenvalue weighted by Gasteiger charge is 2.36. The molecule has 1 saturated heterocycles. The van der Waals surface area contributed by atoms with Crippen LogP contribution in [0.4, 0.5) is 0 Å². The van der Waals surface area contributed by atoms with Crippen LogP contribution in [-0.2, 0) is 4.74 Å². The minimum absolute atomic E-state index is 0.0867. The molecule has 2 fully saturated rings. The summed E-state index contributed by atoms with van der Waals surface area (Å²) in [6.45, 7) is 5.31. The Morgan fingerprint density at radius 2 is 2.06 bits per heavy atom. The molecular formula is C14H25O2-. The van der Waals surface area contributed by atoms with Crippen LogP contribution >= 0.6 is 0 Å². The summed E-state index contributed by atoms with van der Waals surface area (Å²) in [7, 11) is 0. The second kappa shape index (κ2) is 5.50. The second-order valence-corrected chi connectivity index (χ2v) is 5.88. The maximum atomic E-state index is 11.1. The van der Waals surface area contributed by atoms with Crippen LogP contribution in [0, 0.1) is 23.7 Å². The zero-order valence-electron chi connectivity index (χ0n) is 10.7. The van der Waals surface area contributed by atoms with Crippen molar-refractivity contribution in [1.82, 2.24) is 0 Å². The first-order valence-corrected chi connectivity index (χ1v) is 6.92. The Morgan fingerprint density at radius 3 is 2.81 bits per heavy atom. The molecule has 1 heterocycles. The molecule has 5 atom stereocenters. The Balaban J connectivity index is 2.04. The summed E-state index contributed by atoms with van der Waals surface area (Å²) >= 11 is 0. The van der Waals surface area contributed by atoms with E-state index in [1.807, 2.05) is 0 Å². The fourth-order valence-electron chi connectivity index (χ4n) is 3.65. The average Bonchev–Trinajstić information content (AvgIpc) is 2.50. The molecule has 16 heavy (non-hydrogen) atoms. The lowest BCUT2D eigenvalue weighted by Gasteiger charge is -2.41. The van der Waals surface area contributed by atoms with Gasteiger partial charge in [-0.1, -0.05) is 25.7 Å². The lowest BCUT2D eigenvalue weighted by atomic mass is 9.67. The van der Waals surface area contributed by atoms with E-state index in [1.165, 1.54) is 32.1 Å². The zero-order chi connectivity index (χ0) is 11.5. The van der Waals surface area contributed by atoms with Crippen LogP contribution in [0.3, 0.4) is 0 Å². The monoisotopic (exact) mass is 225 g/mol. The Hall–Kier alpha value is -0.0800. The molecule has 1 aliphatic carbocycles. The van der Waals surface area contributed by atoms with E-state index in [0.29, 0.717) is 23.9 Å². The highest BCUT2D eigenvalue weighted by molar-refractivity contribution is 4.86. The van der Waals surface area contributed by atoms with Gasteiger partial charge in [0.25, 0.3) is 0 Å². The van der Waals surface area contributed by atoms with Crippen LogP contribution < -0.4 is 5.11 Å². The quantitative estimate of drug-likeness (QED) is 0.721. The highest BCUT2D eigenvalue weighted by atomic mass is 16.5. The van der Waals surface area contributed by atoms with Crippen LogP contribution in [0.25, 0.3) is 0 Å². The normalized spacial score (nSPS) is 42.2. The van der Waals surface area contributed by atoms with E-state index in [9.17, 15) is 5.11 Å². The molecule has 0 aromatic carbocycles. The molecule has 0 N–H and O–H groups in total. The molecule has 2 nitrogen and oxygen atoms in total. The Bertz CT molecular complexity index is 217. The minimum Gasteiger partial charge on any atom is -0.854 e. The van der Waals surface area contributed by atoms with E-state index in [1.54, 1.807) is 0 Å². The highest BCUT2D eigenvalue weighted by Crippen LogP contribution is 2.42. The van der Waals surface area contributed by atoms with Gasteiger partial charge in [0.2, 0.25) is 0 Å². The van der Waals surface area contributed by atoms with E-state index in [2.05, 4.69) is 13.8 Å². The predicted molar refractivity (Wildman–Crippen MR) is 63.0 cm³/mol. The molecular weight excluding hydrogens is 200 g/mol. The van der Waals surface area contributed by atoms with Gasteiger partial charge in [-0.15, -0.1) is 6.61 Å². The van der Waals surface area contributed by atoms with Crippen molar-refractivity contribution in [3.8, 4) is 0 Å². The molecule has 94 valence electrons. The van der Waals surface area contributed by atoms with Gasteiger partial charge in [-0.3, -0.25) is 0 Å². The summed E-state index contributed by atoms with van der Waals surface area (Å²) in [5.74, 6) is 2.46. The first-order valence-electron chi connectivity index (χ1n) is 6.92.